The Morgan fingerprint density at radius 3 is 2.87 bits per heavy atom. The average Bonchev–Trinajstić information content (AvgIpc) is 2.29. The molecule has 1 nitrogen and oxygen atoms in total. The zero-order valence-corrected chi connectivity index (χ0v) is 10.1. The van der Waals surface area contributed by atoms with Gasteiger partial charge < -0.3 is 0 Å². The standard InChI is InChI=1S/C13H18OS/c1-2-3-4-5-9-15-13-8-6-7-12(10-13)11-14/h6-8,10-11H,2-5,9H2,1H3. The molecule has 0 unspecified atom stereocenters. The van der Waals surface area contributed by atoms with Gasteiger partial charge in [0.1, 0.15) is 6.29 Å². The van der Waals surface area contributed by atoms with Gasteiger partial charge in [-0.3, -0.25) is 4.79 Å². The van der Waals surface area contributed by atoms with E-state index in [2.05, 4.69) is 13.0 Å². The molecule has 1 aromatic rings. The maximum absolute atomic E-state index is 10.6. The number of carbonyl (C=O) groups excluding carboxylic acids is 1. The van der Waals surface area contributed by atoms with E-state index in [1.54, 1.807) is 0 Å². The predicted molar refractivity (Wildman–Crippen MR) is 66.7 cm³/mol. The minimum atomic E-state index is 0.772. The highest BCUT2D eigenvalue weighted by atomic mass is 32.2. The fourth-order valence-corrected chi connectivity index (χ4v) is 2.37. The smallest absolute Gasteiger partial charge is 0.150 e. The summed E-state index contributed by atoms with van der Waals surface area (Å²) in [6.07, 6.45) is 6.10. The SMILES string of the molecule is CCCCCCSc1cccc(C=O)c1. The number of unbranched alkanes of at least 4 members (excludes halogenated alkanes) is 3. The minimum Gasteiger partial charge on any atom is -0.298 e. The van der Waals surface area contributed by atoms with Crippen LogP contribution in [-0.4, -0.2) is 12.0 Å². The van der Waals surface area contributed by atoms with Crippen molar-refractivity contribution >= 4 is 18.0 Å². The molecule has 0 heterocycles. The molecule has 2 heteroatoms. The number of thioether (sulfide) groups is 1. The molecule has 0 spiro atoms. The molecule has 0 aliphatic carbocycles. The Hall–Kier alpha value is -0.760. The molecular weight excluding hydrogens is 204 g/mol. The van der Waals surface area contributed by atoms with Gasteiger partial charge in [-0.2, -0.15) is 0 Å². The first-order valence-corrected chi connectivity index (χ1v) is 6.53. The highest BCUT2D eigenvalue weighted by Crippen LogP contribution is 2.20. The molecule has 0 aliphatic rings. The van der Waals surface area contributed by atoms with Crippen LogP contribution in [-0.2, 0) is 0 Å². The van der Waals surface area contributed by atoms with Crippen molar-refractivity contribution in [3.63, 3.8) is 0 Å². The second-order valence-electron chi connectivity index (χ2n) is 3.60. The van der Waals surface area contributed by atoms with Crippen LogP contribution in [0.1, 0.15) is 43.0 Å². The summed E-state index contributed by atoms with van der Waals surface area (Å²) in [7, 11) is 0. The van der Waals surface area contributed by atoms with Crippen LogP contribution < -0.4 is 0 Å². The van der Waals surface area contributed by atoms with Crippen molar-refractivity contribution in [2.75, 3.05) is 5.75 Å². The molecule has 0 aliphatic heterocycles. The molecule has 0 atom stereocenters. The van der Waals surface area contributed by atoms with Crippen molar-refractivity contribution in [2.24, 2.45) is 0 Å². The summed E-state index contributed by atoms with van der Waals surface area (Å²) in [5.41, 5.74) is 0.772. The van der Waals surface area contributed by atoms with Crippen molar-refractivity contribution in [1.82, 2.24) is 0 Å². The molecular formula is C13H18OS. The van der Waals surface area contributed by atoms with E-state index < -0.39 is 0 Å². The lowest BCUT2D eigenvalue weighted by Crippen LogP contribution is -1.83. The van der Waals surface area contributed by atoms with Gasteiger partial charge in [-0.25, -0.2) is 0 Å². The largest absolute Gasteiger partial charge is 0.298 e. The Balaban J connectivity index is 2.27. The van der Waals surface area contributed by atoms with Gasteiger partial charge in [-0.15, -0.1) is 11.8 Å². The number of hydrogen-bond donors (Lipinski definition) is 0. The van der Waals surface area contributed by atoms with E-state index in [0.717, 1.165) is 17.6 Å². The van der Waals surface area contributed by atoms with Crippen LogP contribution in [0.3, 0.4) is 0 Å². The second kappa shape index (κ2) is 7.52. The molecule has 0 fully saturated rings. The van der Waals surface area contributed by atoms with Crippen molar-refractivity contribution in [1.29, 1.82) is 0 Å². The first-order chi connectivity index (χ1) is 7.36. The van der Waals surface area contributed by atoms with Crippen LogP contribution in [0.25, 0.3) is 0 Å². The molecule has 0 saturated heterocycles. The van der Waals surface area contributed by atoms with Gasteiger partial charge in [0.15, 0.2) is 0 Å². The molecule has 15 heavy (non-hydrogen) atoms. The Kier molecular flexibility index (Phi) is 6.17. The summed E-state index contributed by atoms with van der Waals surface area (Å²) in [6, 6.07) is 7.81. The van der Waals surface area contributed by atoms with Gasteiger partial charge in [0, 0.05) is 10.5 Å². The third-order valence-electron chi connectivity index (χ3n) is 2.26. The lowest BCUT2D eigenvalue weighted by Gasteiger charge is -2.01. The number of benzene rings is 1. The summed E-state index contributed by atoms with van der Waals surface area (Å²) in [5, 5.41) is 0. The quantitative estimate of drug-likeness (QED) is 0.391. The van der Waals surface area contributed by atoms with Crippen LogP contribution in [0.15, 0.2) is 29.2 Å². The Morgan fingerprint density at radius 1 is 1.27 bits per heavy atom. The average molecular weight is 222 g/mol. The first kappa shape index (κ1) is 12.3. The Morgan fingerprint density at radius 2 is 2.13 bits per heavy atom. The summed E-state index contributed by atoms with van der Waals surface area (Å²) < 4.78 is 0. The molecule has 1 aromatic carbocycles. The topological polar surface area (TPSA) is 17.1 Å². The highest BCUT2D eigenvalue weighted by molar-refractivity contribution is 7.99. The van der Waals surface area contributed by atoms with Gasteiger partial charge in [0.2, 0.25) is 0 Å². The van der Waals surface area contributed by atoms with Gasteiger partial charge >= 0.3 is 0 Å². The number of aldehydes is 1. The molecule has 0 N–H and O–H groups in total. The number of rotatable bonds is 7. The molecule has 0 aromatic heterocycles. The molecule has 0 amide bonds. The van der Waals surface area contributed by atoms with Crippen LogP contribution in [0.5, 0.6) is 0 Å². The molecule has 82 valence electrons. The van der Waals surface area contributed by atoms with E-state index in [9.17, 15) is 4.79 Å². The third kappa shape index (κ3) is 5.03. The van der Waals surface area contributed by atoms with E-state index in [1.165, 1.54) is 30.6 Å². The summed E-state index contributed by atoms with van der Waals surface area (Å²) >= 11 is 1.84. The fourth-order valence-electron chi connectivity index (χ4n) is 1.40. The minimum absolute atomic E-state index is 0.772. The van der Waals surface area contributed by atoms with Crippen molar-refractivity contribution in [3.05, 3.63) is 29.8 Å². The summed E-state index contributed by atoms with van der Waals surface area (Å²) in [6.45, 7) is 2.22. The summed E-state index contributed by atoms with van der Waals surface area (Å²) in [4.78, 5) is 11.8. The van der Waals surface area contributed by atoms with Crippen LogP contribution in [0.4, 0.5) is 0 Å². The zero-order valence-electron chi connectivity index (χ0n) is 9.24. The van der Waals surface area contributed by atoms with Crippen molar-refractivity contribution < 1.29 is 4.79 Å². The molecule has 1 rings (SSSR count). The van der Waals surface area contributed by atoms with Gasteiger partial charge in [0.25, 0.3) is 0 Å². The lowest BCUT2D eigenvalue weighted by molar-refractivity contribution is 0.112. The maximum atomic E-state index is 10.6. The Bertz CT molecular complexity index is 296. The normalized spacial score (nSPS) is 10.2. The monoisotopic (exact) mass is 222 g/mol. The van der Waals surface area contributed by atoms with Crippen LogP contribution in [0.2, 0.25) is 0 Å². The van der Waals surface area contributed by atoms with Gasteiger partial charge in [0.05, 0.1) is 0 Å². The van der Waals surface area contributed by atoms with Crippen LogP contribution >= 0.6 is 11.8 Å². The predicted octanol–water partition coefficient (Wildman–Crippen LogP) is 4.17. The van der Waals surface area contributed by atoms with Gasteiger partial charge in [-0.05, 0) is 24.3 Å². The molecule has 0 radical (unpaired) electrons. The van der Waals surface area contributed by atoms with Gasteiger partial charge in [-0.1, -0.05) is 38.3 Å². The van der Waals surface area contributed by atoms with Crippen molar-refractivity contribution in [3.8, 4) is 0 Å². The summed E-state index contributed by atoms with van der Waals surface area (Å²) in [5.74, 6) is 1.16. The Labute approximate surface area is 96.3 Å². The first-order valence-electron chi connectivity index (χ1n) is 5.55. The van der Waals surface area contributed by atoms with Crippen molar-refractivity contribution in [2.45, 2.75) is 37.5 Å². The number of hydrogen-bond acceptors (Lipinski definition) is 2. The van der Waals surface area contributed by atoms with E-state index in [-0.39, 0.29) is 0 Å². The zero-order chi connectivity index (χ0) is 10.9. The second-order valence-corrected chi connectivity index (χ2v) is 4.77. The van der Waals surface area contributed by atoms with E-state index in [4.69, 9.17) is 0 Å². The molecule has 0 bridgehead atoms. The molecule has 0 saturated carbocycles. The van der Waals surface area contributed by atoms with E-state index in [0.29, 0.717) is 0 Å². The fraction of sp³-hybridized carbons (Fsp3) is 0.462. The third-order valence-corrected chi connectivity index (χ3v) is 3.34. The highest BCUT2D eigenvalue weighted by Gasteiger charge is 1.95. The maximum Gasteiger partial charge on any atom is 0.150 e. The number of carbonyl (C=O) groups is 1. The lowest BCUT2D eigenvalue weighted by atomic mass is 10.2. The van der Waals surface area contributed by atoms with E-state index in [1.807, 2.05) is 30.0 Å². The van der Waals surface area contributed by atoms with Crippen LogP contribution in [0, 0.1) is 0 Å². The van der Waals surface area contributed by atoms with E-state index >= 15 is 0 Å².